The zero-order valence-electron chi connectivity index (χ0n) is 9.02. The van der Waals surface area contributed by atoms with Gasteiger partial charge in [-0.3, -0.25) is 4.79 Å². The molecule has 2 rings (SSSR count). The van der Waals surface area contributed by atoms with Crippen molar-refractivity contribution in [2.45, 2.75) is 31.8 Å². The summed E-state index contributed by atoms with van der Waals surface area (Å²) in [5.74, 6) is -1.27. The molecule has 1 aromatic carbocycles. The van der Waals surface area contributed by atoms with Crippen LogP contribution < -0.4 is 0 Å². The number of ketones is 1. The number of rotatable bonds is 3. The van der Waals surface area contributed by atoms with E-state index in [1.165, 1.54) is 0 Å². The summed E-state index contributed by atoms with van der Waals surface area (Å²) < 4.78 is 5.14. The number of carbonyl (C=O) groups excluding carboxylic acids is 2. The van der Waals surface area contributed by atoms with Crippen LogP contribution in [0.2, 0.25) is 0 Å². The second-order valence-electron chi connectivity index (χ2n) is 4.01. The molecule has 0 bridgehead atoms. The Labute approximate surface area is 94.4 Å². The minimum Gasteiger partial charge on any atom is -0.456 e. The molecular formula is C13H14O3. The SMILES string of the molecule is O=C(OC1CCCC1)C(=O)c1ccccc1. The van der Waals surface area contributed by atoms with Crippen LogP contribution in [0, 0.1) is 0 Å². The molecule has 0 N–H and O–H groups in total. The largest absolute Gasteiger partial charge is 0.456 e. The van der Waals surface area contributed by atoms with Gasteiger partial charge in [0.15, 0.2) is 0 Å². The lowest BCUT2D eigenvalue weighted by molar-refractivity contribution is -0.142. The van der Waals surface area contributed by atoms with Gasteiger partial charge < -0.3 is 4.74 Å². The molecule has 0 aliphatic heterocycles. The van der Waals surface area contributed by atoms with Crippen LogP contribution >= 0.6 is 0 Å². The first-order valence-electron chi connectivity index (χ1n) is 5.58. The zero-order valence-corrected chi connectivity index (χ0v) is 9.02. The summed E-state index contributed by atoms with van der Waals surface area (Å²) in [6.45, 7) is 0. The first-order valence-corrected chi connectivity index (χ1v) is 5.58. The highest BCUT2D eigenvalue weighted by molar-refractivity contribution is 6.40. The fourth-order valence-corrected chi connectivity index (χ4v) is 1.92. The van der Waals surface area contributed by atoms with Crippen LogP contribution in [0.4, 0.5) is 0 Å². The van der Waals surface area contributed by atoms with Crippen LogP contribution in [-0.4, -0.2) is 17.9 Å². The van der Waals surface area contributed by atoms with Gasteiger partial charge in [-0.25, -0.2) is 4.79 Å². The van der Waals surface area contributed by atoms with Crippen molar-refractivity contribution in [3.8, 4) is 0 Å². The first-order chi connectivity index (χ1) is 7.77. The number of benzene rings is 1. The van der Waals surface area contributed by atoms with E-state index in [1.807, 2.05) is 0 Å². The molecule has 3 heteroatoms. The molecule has 1 aliphatic rings. The molecule has 0 atom stereocenters. The summed E-state index contributed by atoms with van der Waals surface area (Å²) in [5.41, 5.74) is 0.394. The van der Waals surface area contributed by atoms with Crippen LogP contribution in [0.25, 0.3) is 0 Å². The van der Waals surface area contributed by atoms with Gasteiger partial charge in [0.2, 0.25) is 0 Å². The van der Waals surface area contributed by atoms with Gasteiger partial charge in [0, 0.05) is 5.56 Å². The van der Waals surface area contributed by atoms with Gasteiger partial charge in [-0.2, -0.15) is 0 Å². The molecule has 1 aromatic rings. The van der Waals surface area contributed by atoms with E-state index < -0.39 is 11.8 Å². The van der Waals surface area contributed by atoms with Crippen LogP contribution in [0.1, 0.15) is 36.0 Å². The Morgan fingerprint density at radius 3 is 2.31 bits per heavy atom. The van der Waals surface area contributed by atoms with Crippen molar-refractivity contribution in [2.24, 2.45) is 0 Å². The van der Waals surface area contributed by atoms with E-state index in [0.717, 1.165) is 25.7 Å². The molecule has 16 heavy (non-hydrogen) atoms. The van der Waals surface area contributed by atoms with Crippen molar-refractivity contribution in [3.63, 3.8) is 0 Å². The zero-order chi connectivity index (χ0) is 11.4. The second-order valence-corrected chi connectivity index (χ2v) is 4.01. The molecule has 1 aliphatic carbocycles. The van der Waals surface area contributed by atoms with Crippen LogP contribution in [0.5, 0.6) is 0 Å². The third-order valence-corrected chi connectivity index (χ3v) is 2.80. The normalized spacial score (nSPS) is 16.0. The highest BCUT2D eigenvalue weighted by Crippen LogP contribution is 2.21. The van der Waals surface area contributed by atoms with Crippen molar-refractivity contribution in [1.82, 2.24) is 0 Å². The number of hydrogen-bond acceptors (Lipinski definition) is 3. The molecule has 1 fully saturated rings. The molecule has 0 spiro atoms. The van der Waals surface area contributed by atoms with E-state index in [4.69, 9.17) is 4.74 Å². The standard InChI is InChI=1S/C13H14O3/c14-12(10-6-2-1-3-7-10)13(15)16-11-8-4-5-9-11/h1-3,6-7,11H,4-5,8-9H2. The number of ether oxygens (including phenoxy) is 1. The maximum absolute atomic E-state index is 11.7. The van der Waals surface area contributed by atoms with E-state index in [-0.39, 0.29) is 6.10 Å². The minimum absolute atomic E-state index is 0.0554. The summed E-state index contributed by atoms with van der Waals surface area (Å²) >= 11 is 0. The average Bonchev–Trinajstić information content (AvgIpc) is 2.82. The van der Waals surface area contributed by atoms with Crippen molar-refractivity contribution in [2.75, 3.05) is 0 Å². The van der Waals surface area contributed by atoms with Gasteiger partial charge >= 0.3 is 5.97 Å². The Morgan fingerprint density at radius 1 is 1.06 bits per heavy atom. The van der Waals surface area contributed by atoms with Crippen LogP contribution in [0.3, 0.4) is 0 Å². The Balaban J connectivity index is 1.97. The first kappa shape index (κ1) is 10.9. The number of esters is 1. The second kappa shape index (κ2) is 4.92. The summed E-state index contributed by atoms with van der Waals surface area (Å²) in [4.78, 5) is 23.2. The number of hydrogen-bond donors (Lipinski definition) is 0. The minimum atomic E-state index is -0.724. The van der Waals surface area contributed by atoms with Crippen molar-refractivity contribution in [1.29, 1.82) is 0 Å². The number of Topliss-reactive ketones (excluding diaryl/α,β-unsaturated/α-hetero) is 1. The van der Waals surface area contributed by atoms with Gasteiger partial charge in [-0.05, 0) is 25.7 Å². The van der Waals surface area contributed by atoms with Crippen molar-refractivity contribution < 1.29 is 14.3 Å². The van der Waals surface area contributed by atoms with E-state index in [1.54, 1.807) is 30.3 Å². The Bertz CT molecular complexity index is 377. The molecule has 0 amide bonds. The maximum atomic E-state index is 11.7. The number of carbonyl (C=O) groups is 2. The molecular weight excluding hydrogens is 204 g/mol. The lowest BCUT2D eigenvalue weighted by Crippen LogP contribution is -2.22. The molecule has 0 unspecified atom stereocenters. The molecule has 0 heterocycles. The van der Waals surface area contributed by atoms with Crippen molar-refractivity contribution >= 4 is 11.8 Å². The Hall–Kier alpha value is -1.64. The van der Waals surface area contributed by atoms with E-state index >= 15 is 0 Å². The van der Waals surface area contributed by atoms with Gasteiger partial charge in [-0.1, -0.05) is 30.3 Å². The Morgan fingerprint density at radius 2 is 1.69 bits per heavy atom. The van der Waals surface area contributed by atoms with Gasteiger partial charge in [0.25, 0.3) is 5.78 Å². The molecule has 1 saturated carbocycles. The fraction of sp³-hybridized carbons (Fsp3) is 0.385. The van der Waals surface area contributed by atoms with Gasteiger partial charge in [0.05, 0.1) is 0 Å². The van der Waals surface area contributed by atoms with E-state index in [0.29, 0.717) is 5.56 Å². The predicted molar refractivity (Wildman–Crippen MR) is 59.1 cm³/mol. The quantitative estimate of drug-likeness (QED) is 0.444. The summed E-state index contributed by atoms with van der Waals surface area (Å²) in [6, 6.07) is 8.52. The smallest absolute Gasteiger partial charge is 0.379 e. The predicted octanol–water partition coefficient (Wildman–Crippen LogP) is 2.36. The van der Waals surface area contributed by atoms with Crippen LogP contribution in [0.15, 0.2) is 30.3 Å². The molecule has 0 aromatic heterocycles. The monoisotopic (exact) mass is 218 g/mol. The topological polar surface area (TPSA) is 43.4 Å². The average molecular weight is 218 g/mol. The lowest BCUT2D eigenvalue weighted by Gasteiger charge is -2.10. The third kappa shape index (κ3) is 2.48. The third-order valence-electron chi connectivity index (χ3n) is 2.80. The fourth-order valence-electron chi connectivity index (χ4n) is 1.92. The highest BCUT2D eigenvalue weighted by Gasteiger charge is 2.24. The van der Waals surface area contributed by atoms with Gasteiger partial charge in [0.1, 0.15) is 6.10 Å². The lowest BCUT2D eigenvalue weighted by atomic mass is 10.1. The molecule has 84 valence electrons. The van der Waals surface area contributed by atoms with Gasteiger partial charge in [-0.15, -0.1) is 0 Å². The summed E-state index contributed by atoms with van der Waals surface area (Å²) in [7, 11) is 0. The molecule has 3 nitrogen and oxygen atoms in total. The highest BCUT2D eigenvalue weighted by atomic mass is 16.5. The summed E-state index contributed by atoms with van der Waals surface area (Å²) in [6.07, 6.45) is 3.87. The van der Waals surface area contributed by atoms with Crippen molar-refractivity contribution in [3.05, 3.63) is 35.9 Å². The molecule has 0 radical (unpaired) electrons. The summed E-state index contributed by atoms with van der Waals surface area (Å²) in [5, 5.41) is 0. The molecule has 0 saturated heterocycles. The Kier molecular flexibility index (Phi) is 3.34. The van der Waals surface area contributed by atoms with E-state index in [9.17, 15) is 9.59 Å². The van der Waals surface area contributed by atoms with Crippen LogP contribution in [-0.2, 0) is 9.53 Å². The van der Waals surface area contributed by atoms with E-state index in [2.05, 4.69) is 0 Å². The maximum Gasteiger partial charge on any atom is 0.379 e.